The molecule has 0 atom stereocenters. The van der Waals surface area contributed by atoms with Crippen LogP contribution < -0.4 is 4.74 Å². The Kier molecular flexibility index (Phi) is 4.36. The fraction of sp³-hybridized carbons (Fsp3) is 0.143. The molecule has 0 spiro atoms. The van der Waals surface area contributed by atoms with E-state index in [2.05, 4.69) is 15.9 Å². The van der Waals surface area contributed by atoms with Crippen molar-refractivity contribution in [2.75, 3.05) is 0 Å². The van der Waals surface area contributed by atoms with Crippen LogP contribution in [0.5, 0.6) is 11.5 Å². The fourth-order valence-electron chi connectivity index (χ4n) is 1.71. The van der Waals surface area contributed by atoms with E-state index in [0.717, 1.165) is 5.56 Å². The minimum absolute atomic E-state index is 0.0272. The third-order valence-corrected chi connectivity index (χ3v) is 3.40. The minimum Gasteiger partial charge on any atom is -0.456 e. The lowest BCUT2D eigenvalue weighted by Crippen LogP contribution is -1.94. The zero-order chi connectivity index (χ0) is 14.7. The van der Waals surface area contributed by atoms with Gasteiger partial charge >= 0.3 is 0 Å². The van der Waals surface area contributed by atoms with Gasteiger partial charge in [0.15, 0.2) is 0 Å². The van der Waals surface area contributed by atoms with Gasteiger partial charge in [-0.15, -0.1) is 0 Å². The lowest BCUT2D eigenvalue weighted by atomic mass is 10.2. The summed E-state index contributed by atoms with van der Waals surface area (Å²) in [4.78, 5) is 10.4. The van der Waals surface area contributed by atoms with Crippen molar-refractivity contribution in [3.63, 3.8) is 0 Å². The van der Waals surface area contributed by atoms with Crippen molar-refractivity contribution in [1.29, 1.82) is 0 Å². The SMILES string of the molecule is Cc1cc(Oc2ccc(CO)cc2)c(Br)cc1[N+](=O)[O-]. The summed E-state index contributed by atoms with van der Waals surface area (Å²) in [6, 6.07) is 10.0. The summed E-state index contributed by atoms with van der Waals surface area (Å²) < 4.78 is 6.19. The Hall–Kier alpha value is -1.92. The number of nitro benzene ring substituents is 1. The number of ether oxygens (including phenoxy) is 1. The number of hydrogen-bond donors (Lipinski definition) is 1. The first-order chi connectivity index (χ1) is 9.51. The van der Waals surface area contributed by atoms with Gasteiger partial charge in [0.2, 0.25) is 0 Å². The maximum absolute atomic E-state index is 10.8. The van der Waals surface area contributed by atoms with Gasteiger partial charge < -0.3 is 9.84 Å². The Balaban J connectivity index is 2.29. The molecule has 0 aliphatic rings. The van der Waals surface area contributed by atoms with E-state index in [1.54, 1.807) is 37.3 Å². The summed E-state index contributed by atoms with van der Waals surface area (Å²) in [6.07, 6.45) is 0. The topological polar surface area (TPSA) is 72.6 Å². The highest BCUT2D eigenvalue weighted by atomic mass is 79.9. The van der Waals surface area contributed by atoms with Crippen molar-refractivity contribution in [2.45, 2.75) is 13.5 Å². The average molecular weight is 338 g/mol. The highest BCUT2D eigenvalue weighted by Crippen LogP contribution is 2.35. The Bertz CT molecular complexity index is 640. The molecule has 5 nitrogen and oxygen atoms in total. The lowest BCUT2D eigenvalue weighted by Gasteiger charge is -2.09. The van der Waals surface area contributed by atoms with E-state index in [1.165, 1.54) is 6.07 Å². The van der Waals surface area contributed by atoms with Gasteiger partial charge in [-0.2, -0.15) is 0 Å². The predicted molar refractivity (Wildman–Crippen MR) is 78.0 cm³/mol. The van der Waals surface area contributed by atoms with Gasteiger partial charge in [0, 0.05) is 11.6 Å². The van der Waals surface area contributed by atoms with Crippen molar-refractivity contribution >= 4 is 21.6 Å². The second-order valence-corrected chi connectivity index (χ2v) is 5.08. The molecule has 0 saturated carbocycles. The summed E-state index contributed by atoms with van der Waals surface area (Å²) >= 11 is 3.27. The molecular weight excluding hydrogens is 326 g/mol. The van der Waals surface area contributed by atoms with Gasteiger partial charge in [-0.25, -0.2) is 0 Å². The van der Waals surface area contributed by atoms with E-state index in [9.17, 15) is 10.1 Å². The van der Waals surface area contributed by atoms with Crippen LogP contribution in [0.1, 0.15) is 11.1 Å². The zero-order valence-electron chi connectivity index (χ0n) is 10.7. The number of aliphatic hydroxyl groups is 1. The van der Waals surface area contributed by atoms with E-state index >= 15 is 0 Å². The summed E-state index contributed by atoms with van der Waals surface area (Å²) in [7, 11) is 0. The molecule has 6 heteroatoms. The van der Waals surface area contributed by atoms with E-state index < -0.39 is 4.92 Å². The standard InChI is InChI=1S/C14H12BrNO4/c1-9-6-14(12(15)7-13(9)16(18)19)20-11-4-2-10(8-17)3-5-11/h2-7,17H,8H2,1H3. The summed E-state index contributed by atoms with van der Waals surface area (Å²) in [5, 5.41) is 19.8. The van der Waals surface area contributed by atoms with Crippen LogP contribution >= 0.6 is 15.9 Å². The van der Waals surface area contributed by atoms with Gasteiger partial charge in [0.05, 0.1) is 16.0 Å². The van der Waals surface area contributed by atoms with Crippen LogP contribution in [0.25, 0.3) is 0 Å². The molecule has 2 rings (SSSR count). The first kappa shape index (κ1) is 14.5. The Morgan fingerprint density at radius 2 is 1.95 bits per heavy atom. The third-order valence-electron chi connectivity index (χ3n) is 2.78. The normalized spacial score (nSPS) is 10.3. The first-order valence-corrected chi connectivity index (χ1v) is 6.62. The van der Waals surface area contributed by atoms with Crippen molar-refractivity contribution in [2.24, 2.45) is 0 Å². The monoisotopic (exact) mass is 337 g/mol. The van der Waals surface area contributed by atoms with Crippen LogP contribution in [-0.4, -0.2) is 10.0 Å². The number of nitro groups is 1. The molecule has 0 amide bonds. The number of aliphatic hydroxyl groups excluding tert-OH is 1. The third kappa shape index (κ3) is 3.15. The maximum atomic E-state index is 10.8. The molecular formula is C14H12BrNO4. The van der Waals surface area contributed by atoms with Gasteiger partial charge in [-0.1, -0.05) is 12.1 Å². The Morgan fingerprint density at radius 3 is 2.50 bits per heavy atom. The fourth-order valence-corrected chi connectivity index (χ4v) is 2.12. The van der Waals surface area contributed by atoms with Crippen LogP contribution in [0.2, 0.25) is 0 Å². The Labute approximate surface area is 124 Å². The lowest BCUT2D eigenvalue weighted by molar-refractivity contribution is -0.385. The molecule has 0 aliphatic heterocycles. The van der Waals surface area contributed by atoms with Crippen molar-refractivity contribution in [3.8, 4) is 11.5 Å². The Morgan fingerprint density at radius 1 is 1.30 bits per heavy atom. The minimum atomic E-state index is -0.431. The second-order valence-electron chi connectivity index (χ2n) is 4.23. The molecule has 0 fully saturated rings. The largest absolute Gasteiger partial charge is 0.456 e. The predicted octanol–water partition coefficient (Wildman–Crippen LogP) is 3.95. The van der Waals surface area contributed by atoms with Crippen molar-refractivity contribution < 1.29 is 14.8 Å². The molecule has 104 valence electrons. The van der Waals surface area contributed by atoms with Gasteiger partial charge in [0.25, 0.3) is 5.69 Å². The molecule has 0 bridgehead atoms. The van der Waals surface area contributed by atoms with E-state index in [1.807, 2.05) is 0 Å². The molecule has 0 radical (unpaired) electrons. The van der Waals surface area contributed by atoms with Gasteiger partial charge in [-0.05, 0) is 46.6 Å². The number of hydrogen-bond acceptors (Lipinski definition) is 4. The van der Waals surface area contributed by atoms with Crippen molar-refractivity contribution in [3.05, 3.63) is 62.1 Å². The van der Waals surface area contributed by atoms with Crippen molar-refractivity contribution in [1.82, 2.24) is 0 Å². The molecule has 0 saturated heterocycles. The second kappa shape index (κ2) is 6.02. The summed E-state index contributed by atoms with van der Waals surface area (Å²) in [5.41, 5.74) is 1.36. The van der Waals surface area contributed by atoms with Crippen LogP contribution in [0, 0.1) is 17.0 Å². The van der Waals surface area contributed by atoms with E-state index in [0.29, 0.717) is 21.5 Å². The zero-order valence-corrected chi connectivity index (χ0v) is 12.3. The number of benzene rings is 2. The van der Waals surface area contributed by atoms with Crippen LogP contribution in [0.15, 0.2) is 40.9 Å². The maximum Gasteiger partial charge on any atom is 0.273 e. The molecule has 0 heterocycles. The van der Waals surface area contributed by atoms with Crippen LogP contribution in [0.3, 0.4) is 0 Å². The molecule has 20 heavy (non-hydrogen) atoms. The van der Waals surface area contributed by atoms with Crippen LogP contribution in [0.4, 0.5) is 5.69 Å². The number of nitrogens with zero attached hydrogens (tertiary/aromatic N) is 1. The quantitative estimate of drug-likeness (QED) is 0.677. The van der Waals surface area contributed by atoms with Gasteiger partial charge in [-0.3, -0.25) is 10.1 Å². The number of aryl methyl sites for hydroxylation is 1. The molecule has 2 aromatic rings. The molecule has 0 aliphatic carbocycles. The summed E-state index contributed by atoms with van der Waals surface area (Å²) in [5.74, 6) is 1.10. The highest BCUT2D eigenvalue weighted by Gasteiger charge is 2.15. The summed E-state index contributed by atoms with van der Waals surface area (Å²) in [6.45, 7) is 1.63. The van der Waals surface area contributed by atoms with E-state index in [4.69, 9.17) is 9.84 Å². The number of halogens is 1. The average Bonchev–Trinajstić information content (AvgIpc) is 2.43. The highest BCUT2D eigenvalue weighted by molar-refractivity contribution is 9.10. The van der Waals surface area contributed by atoms with Crippen LogP contribution in [-0.2, 0) is 6.61 Å². The molecule has 0 unspecified atom stereocenters. The van der Waals surface area contributed by atoms with Gasteiger partial charge in [0.1, 0.15) is 11.5 Å². The molecule has 1 N–H and O–H groups in total. The number of rotatable bonds is 4. The molecule has 2 aromatic carbocycles. The molecule has 0 aromatic heterocycles. The first-order valence-electron chi connectivity index (χ1n) is 5.83. The smallest absolute Gasteiger partial charge is 0.273 e. The van der Waals surface area contributed by atoms with E-state index in [-0.39, 0.29) is 12.3 Å².